The molecule has 20 heavy (non-hydrogen) atoms. The highest BCUT2D eigenvalue weighted by atomic mass is 32.2. The van der Waals surface area contributed by atoms with Crippen LogP contribution < -0.4 is 4.72 Å². The van der Waals surface area contributed by atoms with E-state index in [-0.39, 0.29) is 18.0 Å². The SMILES string of the molecule is O=C(O)Cn1cc(S(=O)(=O)NCCc2cnc[nH]2)cn1. The summed E-state index contributed by atoms with van der Waals surface area (Å²) in [6, 6.07) is 0. The lowest BCUT2D eigenvalue weighted by Crippen LogP contribution is -2.25. The predicted molar refractivity (Wildman–Crippen MR) is 67.3 cm³/mol. The summed E-state index contributed by atoms with van der Waals surface area (Å²) in [6.45, 7) is -0.182. The number of sulfonamides is 1. The molecule has 2 aromatic heterocycles. The summed E-state index contributed by atoms with van der Waals surface area (Å²) in [7, 11) is -3.69. The second-order valence-corrected chi connectivity index (χ2v) is 5.76. The molecule has 0 aliphatic rings. The Balaban J connectivity index is 1.95. The third-order valence-electron chi connectivity index (χ3n) is 2.46. The molecule has 0 amide bonds. The van der Waals surface area contributed by atoms with Gasteiger partial charge in [0.15, 0.2) is 0 Å². The van der Waals surface area contributed by atoms with Crippen molar-refractivity contribution in [1.29, 1.82) is 0 Å². The number of imidazole rings is 1. The molecule has 2 heterocycles. The maximum Gasteiger partial charge on any atom is 0.325 e. The maximum atomic E-state index is 11.9. The van der Waals surface area contributed by atoms with Gasteiger partial charge in [-0.2, -0.15) is 5.10 Å². The summed E-state index contributed by atoms with van der Waals surface area (Å²) < 4.78 is 27.3. The summed E-state index contributed by atoms with van der Waals surface area (Å²) in [5.41, 5.74) is 0.814. The van der Waals surface area contributed by atoms with Crippen molar-refractivity contribution in [3.05, 3.63) is 30.6 Å². The van der Waals surface area contributed by atoms with Gasteiger partial charge < -0.3 is 10.1 Å². The molecular formula is C10H13N5O4S. The van der Waals surface area contributed by atoms with Crippen molar-refractivity contribution in [3.8, 4) is 0 Å². The van der Waals surface area contributed by atoms with Crippen molar-refractivity contribution in [1.82, 2.24) is 24.5 Å². The summed E-state index contributed by atoms with van der Waals surface area (Å²) in [6.07, 6.45) is 5.88. The van der Waals surface area contributed by atoms with Crippen LogP contribution in [-0.2, 0) is 27.8 Å². The quantitative estimate of drug-likeness (QED) is 0.614. The van der Waals surface area contributed by atoms with Gasteiger partial charge in [0.25, 0.3) is 0 Å². The smallest absolute Gasteiger partial charge is 0.325 e. The summed E-state index contributed by atoms with van der Waals surface area (Å²) in [5.74, 6) is -1.09. The first-order valence-corrected chi connectivity index (χ1v) is 7.17. The molecular weight excluding hydrogens is 286 g/mol. The van der Waals surface area contributed by atoms with E-state index in [1.807, 2.05) is 0 Å². The number of carboxylic acid groups (broad SMARTS) is 1. The average molecular weight is 299 g/mol. The molecule has 108 valence electrons. The highest BCUT2D eigenvalue weighted by molar-refractivity contribution is 7.89. The van der Waals surface area contributed by atoms with Gasteiger partial charge in [-0.25, -0.2) is 18.1 Å². The monoisotopic (exact) mass is 299 g/mol. The fourth-order valence-electron chi connectivity index (χ4n) is 1.53. The Kier molecular flexibility index (Phi) is 4.15. The van der Waals surface area contributed by atoms with E-state index in [9.17, 15) is 13.2 Å². The van der Waals surface area contributed by atoms with E-state index in [1.54, 1.807) is 6.20 Å². The van der Waals surface area contributed by atoms with Crippen LogP contribution in [0.5, 0.6) is 0 Å². The number of nitrogens with one attached hydrogen (secondary N) is 2. The molecule has 3 N–H and O–H groups in total. The molecule has 2 aromatic rings. The zero-order valence-corrected chi connectivity index (χ0v) is 11.2. The number of aromatic nitrogens is 4. The van der Waals surface area contributed by atoms with Crippen LogP contribution in [0.4, 0.5) is 0 Å². The van der Waals surface area contributed by atoms with Gasteiger partial charge in [-0.15, -0.1) is 0 Å². The van der Waals surface area contributed by atoms with Crippen molar-refractivity contribution in [2.75, 3.05) is 6.54 Å². The van der Waals surface area contributed by atoms with Gasteiger partial charge in [-0.3, -0.25) is 9.48 Å². The van der Waals surface area contributed by atoms with Crippen LogP contribution in [0, 0.1) is 0 Å². The Labute approximate surface area is 114 Å². The van der Waals surface area contributed by atoms with Crippen LogP contribution >= 0.6 is 0 Å². The van der Waals surface area contributed by atoms with Crippen molar-refractivity contribution < 1.29 is 18.3 Å². The topological polar surface area (TPSA) is 130 Å². The van der Waals surface area contributed by atoms with Crippen LogP contribution in [0.15, 0.2) is 29.8 Å². The van der Waals surface area contributed by atoms with E-state index in [1.165, 1.54) is 12.5 Å². The Morgan fingerprint density at radius 1 is 1.45 bits per heavy atom. The number of hydrogen-bond acceptors (Lipinski definition) is 5. The fraction of sp³-hybridized carbons (Fsp3) is 0.300. The van der Waals surface area contributed by atoms with E-state index < -0.39 is 16.0 Å². The number of aliphatic carboxylic acids is 1. The Bertz CT molecular complexity index is 676. The minimum Gasteiger partial charge on any atom is -0.480 e. The lowest BCUT2D eigenvalue weighted by Gasteiger charge is -2.03. The summed E-state index contributed by atoms with van der Waals surface area (Å²) in [5, 5.41) is 12.3. The zero-order valence-electron chi connectivity index (χ0n) is 10.4. The third-order valence-corrected chi connectivity index (χ3v) is 3.87. The largest absolute Gasteiger partial charge is 0.480 e. The van der Waals surface area contributed by atoms with Crippen molar-refractivity contribution in [2.24, 2.45) is 0 Å². The molecule has 0 aliphatic heterocycles. The van der Waals surface area contributed by atoms with Crippen LogP contribution in [-0.4, -0.2) is 45.8 Å². The third kappa shape index (κ3) is 3.65. The number of carboxylic acids is 1. The molecule has 0 spiro atoms. The number of H-pyrrole nitrogens is 1. The second kappa shape index (κ2) is 5.84. The van der Waals surface area contributed by atoms with Gasteiger partial charge in [0, 0.05) is 31.1 Å². The van der Waals surface area contributed by atoms with E-state index in [4.69, 9.17) is 5.11 Å². The second-order valence-electron chi connectivity index (χ2n) is 3.99. The highest BCUT2D eigenvalue weighted by Crippen LogP contribution is 2.06. The number of aromatic amines is 1. The first-order chi connectivity index (χ1) is 9.47. The molecule has 0 saturated carbocycles. The van der Waals surface area contributed by atoms with Crippen molar-refractivity contribution in [2.45, 2.75) is 17.9 Å². The molecule has 0 fully saturated rings. The van der Waals surface area contributed by atoms with Gasteiger partial charge in [0.2, 0.25) is 10.0 Å². The maximum absolute atomic E-state index is 11.9. The molecule has 0 bridgehead atoms. The number of rotatable bonds is 7. The molecule has 0 aliphatic carbocycles. The first kappa shape index (κ1) is 14.2. The normalized spacial score (nSPS) is 11.6. The summed E-state index contributed by atoms with van der Waals surface area (Å²) >= 11 is 0. The van der Waals surface area contributed by atoms with Gasteiger partial charge in [0.05, 0.1) is 12.5 Å². The lowest BCUT2D eigenvalue weighted by molar-refractivity contribution is -0.137. The van der Waals surface area contributed by atoms with Gasteiger partial charge in [-0.1, -0.05) is 0 Å². The minimum atomic E-state index is -3.69. The molecule has 0 unspecified atom stereocenters. The predicted octanol–water partition coefficient (Wildman–Crippen LogP) is -0.788. The average Bonchev–Trinajstić information content (AvgIpc) is 2.99. The van der Waals surface area contributed by atoms with Gasteiger partial charge >= 0.3 is 5.97 Å². The lowest BCUT2D eigenvalue weighted by atomic mass is 10.3. The minimum absolute atomic E-state index is 0.0663. The fourth-order valence-corrected chi connectivity index (χ4v) is 2.52. The Hall–Kier alpha value is -2.20. The van der Waals surface area contributed by atoms with Crippen LogP contribution in [0.2, 0.25) is 0 Å². The molecule has 2 rings (SSSR count). The van der Waals surface area contributed by atoms with E-state index in [2.05, 4.69) is 19.8 Å². The highest BCUT2D eigenvalue weighted by Gasteiger charge is 2.16. The molecule has 0 aromatic carbocycles. The first-order valence-electron chi connectivity index (χ1n) is 5.68. The van der Waals surface area contributed by atoms with Crippen molar-refractivity contribution >= 4 is 16.0 Å². The van der Waals surface area contributed by atoms with Crippen LogP contribution in [0.3, 0.4) is 0 Å². The molecule has 10 heteroatoms. The standard InChI is InChI=1S/C10H13N5O4S/c16-10(17)6-15-5-9(4-13-15)20(18,19)14-2-1-8-3-11-7-12-8/h3-5,7,14H,1-2,6H2,(H,11,12)(H,16,17). The van der Waals surface area contributed by atoms with Gasteiger partial charge in [0.1, 0.15) is 11.4 Å². The molecule has 0 saturated heterocycles. The van der Waals surface area contributed by atoms with Crippen LogP contribution in [0.25, 0.3) is 0 Å². The van der Waals surface area contributed by atoms with Crippen LogP contribution in [0.1, 0.15) is 5.69 Å². The number of nitrogens with zero attached hydrogens (tertiary/aromatic N) is 3. The van der Waals surface area contributed by atoms with Gasteiger partial charge in [-0.05, 0) is 0 Å². The Morgan fingerprint density at radius 2 is 2.25 bits per heavy atom. The van der Waals surface area contributed by atoms with E-state index in [0.29, 0.717) is 6.42 Å². The molecule has 9 nitrogen and oxygen atoms in total. The number of carbonyl (C=O) groups is 1. The Morgan fingerprint density at radius 3 is 2.90 bits per heavy atom. The zero-order chi connectivity index (χ0) is 14.6. The van der Waals surface area contributed by atoms with Crippen molar-refractivity contribution in [3.63, 3.8) is 0 Å². The summed E-state index contributed by atoms with van der Waals surface area (Å²) in [4.78, 5) is 17.1. The molecule has 0 atom stereocenters. The van der Waals surface area contributed by atoms with E-state index >= 15 is 0 Å². The van der Waals surface area contributed by atoms with E-state index in [0.717, 1.165) is 16.6 Å². The molecule has 0 radical (unpaired) electrons. The number of hydrogen-bond donors (Lipinski definition) is 3.